The van der Waals surface area contributed by atoms with E-state index in [1.54, 1.807) is 0 Å². The summed E-state index contributed by atoms with van der Waals surface area (Å²) in [7, 11) is 0. The Morgan fingerprint density at radius 3 is 2.70 bits per heavy atom. The zero-order valence-corrected chi connectivity index (χ0v) is 20.5. The fourth-order valence-electron chi connectivity index (χ4n) is 3.65. The van der Waals surface area contributed by atoms with Crippen molar-refractivity contribution in [1.29, 1.82) is 0 Å². The van der Waals surface area contributed by atoms with Gasteiger partial charge in [0.2, 0.25) is 5.91 Å². The number of para-hydroxylation sites is 1. The van der Waals surface area contributed by atoms with Crippen molar-refractivity contribution in [2.45, 2.75) is 46.6 Å². The first-order valence-electron chi connectivity index (χ1n) is 10.5. The quantitative estimate of drug-likeness (QED) is 0.241. The van der Waals surface area contributed by atoms with Crippen LogP contribution < -0.4 is 10.6 Å². The Bertz CT molecular complexity index is 863. The summed E-state index contributed by atoms with van der Waals surface area (Å²) in [5.74, 6) is 1.08. The Morgan fingerprint density at radius 2 is 2.03 bits per heavy atom. The Morgan fingerprint density at radius 1 is 1.23 bits per heavy atom. The first kappa shape index (κ1) is 24.2. The number of aromatic nitrogens is 2. The number of amides is 1. The molecule has 0 bridgehead atoms. The van der Waals surface area contributed by atoms with Gasteiger partial charge in [-0.05, 0) is 51.3 Å². The number of likely N-dealkylation sites (tertiary alicyclic amines) is 1. The molecule has 8 heteroatoms. The minimum Gasteiger partial charge on any atom is -0.357 e. The lowest BCUT2D eigenvalue weighted by Gasteiger charge is -2.16. The fourth-order valence-corrected chi connectivity index (χ4v) is 3.65. The van der Waals surface area contributed by atoms with Gasteiger partial charge in [0.15, 0.2) is 5.96 Å². The lowest BCUT2D eigenvalue weighted by atomic mass is 10.2. The van der Waals surface area contributed by atoms with Crippen LogP contribution in [0.2, 0.25) is 0 Å². The Labute approximate surface area is 196 Å². The SMILES string of the molecule is CCNC(=NCc1ccccc1-n1nc(C)cc1C)NCCCN1CCCC1=O.I. The van der Waals surface area contributed by atoms with Gasteiger partial charge in [-0.15, -0.1) is 24.0 Å². The van der Waals surface area contributed by atoms with E-state index in [0.29, 0.717) is 13.0 Å². The van der Waals surface area contributed by atoms with Gasteiger partial charge in [-0.2, -0.15) is 5.10 Å². The number of carbonyl (C=O) groups excluding carboxylic acids is 1. The number of halogens is 1. The second-order valence-corrected chi connectivity index (χ2v) is 7.43. The number of aryl methyl sites for hydroxylation is 2. The molecule has 1 saturated heterocycles. The van der Waals surface area contributed by atoms with E-state index in [-0.39, 0.29) is 29.9 Å². The number of carbonyl (C=O) groups is 1. The Kier molecular flexibility index (Phi) is 9.61. The highest BCUT2D eigenvalue weighted by molar-refractivity contribution is 14.0. The number of hydrogen-bond donors (Lipinski definition) is 2. The van der Waals surface area contributed by atoms with Gasteiger partial charge in [-0.25, -0.2) is 9.67 Å². The topological polar surface area (TPSA) is 74.6 Å². The van der Waals surface area contributed by atoms with E-state index in [1.807, 2.05) is 28.6 Å². The second-order valence-electron chi connectivity index (χ2n) is 7.43. The van der Waals surface area contributed by atoms with Gasteiger partial charge in [0.05, 0.1) is 17.9 Å². The molecule has 164 valence electrons. The maximum absolute atomic E-state index is 11.7. The molecule has 2 aromatic rings. The third-order valence-electron chi connectivity index (χ3n) is 5.05. The molecule has 1 aromatic heterocycles. The van der Waals surface area contributed by atoms with Crippen molar-refractivity contribution < 1.29 is 4.79 Å². The van der Waals surface area contributed by atoms with Crippen molar-refractivity contribution in [3.63, 3.8) is 0 Å². The molecule has 1 amide bonds. The van der Waals surface area contributed by atoms with Crippen molar-refractivity contribution in [1.82, 2.24) is 25.3 Å². The average Bonchev–Trinajstić information content (AvgIpc) is 3.27. The number of rotatable bonds is 8. The van der Waals surface area contributed by atoms with Crippen molar-refractivity contribution in [2.75, 3.05) is 26.2 Å². The van der Waals surface area contributed by atoms with Crippen molar-refractivity contribution in [3.8, 4) is 5.69 Å². The molecule has 1 fully saturated rings. The van der Waals surface area contributed by atoms with Crippen LogP contribution in [0.5, 0.6) is 0 Å². The summed E-state index contributed by atoms with van der Waals surface area (Å²) in [6, 6.07) is 10.3. The first-order chi connectivity index (χ1) is 14.1. The highest BCUT2D eigenvalue weighted by Crippen LogP contribution is 2.17. The van der Waals surface area contributed by atoms with Crippen LogP contribution in [0.15, 0.2) is 35.3 Å². The zero-order valence-electron chi connectivity index (χ0n) is 18.1. The van der Waals surface area contributed by atoms with Gasteiger partial charge in [-0.1, -0.05) is 18.2 Å². The van der Waals surface area contributed by atoms with Crippen LogP contribution in [-0.2, 0) is 11.3 Å². The van der Waals surface area contributed by atoms with E-state index in [1.165, 1.54) is 0 Å². The first-order valence-corrected chi connectivity index (χ1v) is 10.5. The summed E-state index contributed by atoms with van der Waals surface area (Å²) in [5, 5.41) is 11.3. The summed E-state index contributed by atoms with van der Waals surface area (Å²) in [5.41, 5.74) is 4.30. The molecule has 2 N–H and O–H groups in total. The van der Waals surface area contributed by atoms with Crippen LogP contribution in [0.4, 0.5) is 0 Å². The predicted octanol–water partition coefficient (Wildman–Crippen LogP) is 3.17. The average molecular weight is 524 g/mol. The molecule has 0 unspecified atom stereocenters. The zero-order chi connectivity index (χ0) is 20.6. The van der Waals surface area contributed by atoms with Crippen LogP contribution in [0.25, 0.3) is 5.69 Å². The monoisotopic (exact) mass is 524 g/mol. The van der Waals surface area contributed by atoms with Gasteiger partial charge < -0.3 is 15.5 Å². The third-order valence-corrected chi connectivity index (χ3v) is 5.05. The van der Waals surface area contributed by atoms with Gasteiger partial charge in [0.25, 0.3) is 0 Å². The Balaban J connectivity index is 0.00000320. The van der Waals surface area contributed by atoms with Gasteiger partial charge in [-0.3, -0.25) is 4.79 Å². The van der Waals surface area contributed by atoms with Crippen LogP contribution in [-0.4, -0.2) is 52.7 Å². The van der Waals surface area contributed by atoms with Crippen molar-refractivity contribution in [2.24, 2.45) is 4.99 Å². The van der Waals surface area contributed by atoms with E-state index >= 15 is 0 Å². The van der Waals surface area contributed by atoms with Crippen LogP contribution in [0.3, 0.4) is 0 Å². The molecule has 0 aliphatic carbocycles. The Hall–Kier alpha value is -2.10. The van der Waals surface area contributed by atoms with E-state index in [9.17, 15) is 4.79 Å². The van der Waals surface area contributed by atoms with Gasteiger partial charge >= 0.3 is 0 Å². The minimum absolute atomic E-state index is 0. The number of nitrogens with one attached hydrogen (secondary N) is 2. The summed E-state index contributed by atoms with van der Waals surface area (Å²) in [6.45, 7) is 9.99. The number of guanidine groups is 1. The molecule has 0 saturated carbocycles. The molecular weight excluding hydrogens is 491 g/mol. The molecular formula is C22H33IN6O. The lowest BCUT2D eigenvalue weighted by molar-refractivity contribution is -0.127. The molecule has 30 heavy (non-hydrogen) atoms. The number of hydrogen-bond acceptors (Lipinski definition) is 3. The number of nitrogens with zero attached hydrogens (tertiary/aromatic N) is 4. The van der Waals surface area contributed by atoms with E-state index in [0.717, 1.165) is 67.6 Å². The molecule has 2 heterocycles. The second kappa shape index (κ2) is 11.9. The molecule has 7 nitrogen and oxygen atoms in total. The lowest BCUT2D eigenvalue weighted by Crippen LogP contribution is -2.39. The number of benzene rings is 1. The summed E-state index contributed by atoms with van der Waals surface area (Å²) < 4.78 is 1.98. The fraction of sp³-hybridized carbons (Fsp3) is 0.500. The van der Waals surface area contributed by atoms with E-state index in [4.69, 9.17) is 4.99 Å². The highest BCUT2D eigenvalue weighted by Gasteiger charge is 2.18. The van der Waals surface area contributed by atoms with Crippen molar-refractivity contribution in [3.05, 3.63) is 47.3 Å². The maximum atomic E-state index is 11.7. The molecule has 0 radical (unpaired) electrons. The smallest absolute Gasteiger partial charge is 0.222 e. The molecule has 0 spiro atoms. The van der Waals surface area contributed by atoms with Crippen molar-refractivity contribution >= 4 is 35.8 Å². The maximum Gasteiger partial charge on any atom is 0.222 e. The third kappa shape index (κ3) is 6.45. The number of aliphatic imine (C=N–C) groups is 1. The van der Waals surface area contributed by atoms with Crippen LogP contribution in [0, 0.1) is 13.8 Å². The molecule has 3 rings (SSSR count). The molecule has 1 aliphatic rings. The van der Waals surface area contributed by atoms with Crippen LogP contribution in [0.1, 0.15) is 43.1 Å². The van der Waals surface area contributed by atoms with E-state index in [2.05, 4.69) is 47.8 Å². The predicted molar refractivity (Wildman–Crippen MR) is 132 cm³/mol. The van der Waals surface area contributed by atoms with E-state index < -0.39 is 0 Å². The summed E-state index contributed by atoms with van der Waals surface area (Å²) >= 11 is 0. The molecule has 1 aromatic carbocycles. The highest BCUT2D eigenvalue weighted by atomic mass is 127. The normalized spacial score (nSPS) is 14.0. The summed E-state index contributed by atoms with van der Waals surface area (Å²) in [6.07, 6.45) is 2.61. The van der Waals surface area contributed by atoms with Crippen LogP contribution >= 0.6 is 24.0 Å². The van der Waals surface area contributed by atoms with Gasteiger partial charge in [0, 0.05) is 38.3 Å². The molecule has 1 aliphatic heterocycles. The minimum atomic E-state index is 0. The summed E-state index contributed by atoms with van der Waals surface area (Å²) in [4.78, 5) is 18.4. The van der Waals surface area contributed by atoms with Gasteiger partial charge in [0.1, 0.15) is 0 Å². The standard InChI is InChI=1S/C22H32N6O.HI/c1-4-23-22(24-12-8-14-27-13-7-11-21(27)29)25-16-19-9-5-6-10-20(19)28-18(3)15-17(2)26-28;/h5-6,9-10,15H,4,7-8,11-14,16H2,1-3H3,(H2,23,24,25);1H. The molecule has 0 atom stereocenters. The largest absolute Gasteiger partial charge is 0.357 e.